The Bertz CT molecular complexity index is 249. The number of hydrogen-bond donors (Lipinski definition) is 1. The summed E-state index contributed by atoms with van der Waals surface area (Å²) in [6, 6.07) is 0. The van der Waals surface area contributed by atoms with Crippen LogP contribution >= 0.6 is 0 Å². The maximum atomic E-state index is 11.1. The summed E-state index contributed by atoms with van der Waals surface area (Å²) >= 11 is 0. The number of hydrogen-bond acceptors (Lipinski definition) is 3. The van der Waals surface area contributed by atoms with Crippen molar-refractivity contribution in [2.45, 2.75) is 33.3 Å². The summed E-state index contributed by atoms with van der Waals surface area (Å²) < 4.78 is 4.97. The van der Waals surface area contributed by atoms with Gasteiger partial charge >= 0.3 is 6.09 Å². The molecular formula is C11H19NO3. The molecule has 0 aliphatic heterocycles. The van der Waals surface area contributed by atoms with Crippen molar-refractivity contribution in [3.05, 3.63) is 18.4 Å². The lowest BCUT2D eigenvalue weighted by molar-refractivity contribution is -0.0126. The molecule has 1 atom stereocenters. The molecule has 0 aromatic carbocycles. The lowest BCUT2D eigenvalue weighted by atomic mass is 10.2. The van der Waals surface area contributed by atoms with Crippen molar-refractivity contribution in [2.75, 3.05) is 6.61 Å². The Morgan fingerprint density at radius 1 is 1.60 bits per heavy atom. The first-order valence-corrected chi connectivity index (χ1v) is 4.82. The number of rotatable bonds is 4. The topological polar surface area (TPSA) is 47.6 Å². The van der Waals surface area contributed by atoms with Gasteiger partial charge in [0.1, 0.15) is 5.60 Å². The van der Waals surface area contributed by atoms with Crippen molar-refractivity contribution >= 4 is 6.09 Å². The third kappa shape index (κ3) is 9.06. The number of carbonyl (C=O) groups excluding carboxylic acids is 1. The van der Waals surface area contributed by atoms with Crippen molar-refractivity contribution in [1.29, 1.82) is 0 Å². The molecule has 0 rings (SSSR count). The van der Waals surface area contributed by atoms with E-state index in [-0.39, 0.29) is 5.92 Å². The summed E-state index contributed by atoms with van der Waals surface area (Å²) in [5, 5.41) is 0. The predicted octanol–water partition coefficient (Wildman–Crippen LogP) is 2.42. The van der Waals surface area contributed by atoms with Crippen LogP contribution < -0.4 is 5.48 Å². The molecule has 0 bridgehead atoms. The Balaban J connectivity index is 3.69. The van der Waals surface area contributed by atoms with Gasteiger partial charge in [0, 0.05) is 5.92 Å². The molecule has 1 unspecified atom stereocenters. The molecule has 0 heterocycles. The largest absolute Gasteiger partial charge is 0.442 e. The highest BCUT2D eigenvalue weighted by atomic mass is 16.7. The lowest BCUT2D eigenvalue weighted by Gasteiger charge is -2.19. The van der Waals surface area contributed by atoms with E-state index in [0.29, 0.717) is 6.61 Å². The highest BCUT2D eigenvalue weighted by Gasteiger charge is 2.15. The molecule has 0 saturated heterocycles. The summed E-state index contributed by atoms with van der Waals surface area (Å²) in [5.74, 6) is 0.150. The molecule has 4 heteroatoms. The fourth-order valence-electron chi connectivity index (χ4n) is 0.780. The van der Waals surface area contributed by atoms with Gasteiger partial charge < -0.3 is 4.74 Å². The van der Waals surface area contributed by atoms with Gasteiger partial charge in [0.25, 0.3) is 0 Å². The van der Waals surface area contributed by atoms with Crippen molar-refractivity contribution in [3.63, 3.8) is 0 Å². The van der Waals surface area contributed by atoms with Crippen LogP contribution in [-0.4, -0.2) is 18.3 Å². The minimum Gasteiger partial charge on any atom is -0.442 e. The molecule has 0 fully saturated rings. The second kappa shape index (κ2) is 6.27. The second-order valence-corrected chi connectivity index (χ2v) is 4.26. The Labute approximate surface area is 90.9 Å². The van der Waals surface area contributed by atoms with E-state index in [9.17, 15) is 4.79 Å². The standard InChI is InChI=1S/C11H19NO3/c1-6-7-9(2)8-14-12-10(13)15-11(3,4)5/h7,9H,1,8H2,2-5H3,(H,12,13). The molecule has 0 aromatic heterocycles. The Morgan fingerprint density at radius 3 is 2.67 bits per heavy atom. The highest BCUT2D eigenvalue weighted by molar-refractivity contribution is 5.66. The minimum absolute atomic E-state index is 0.150. The second-order valence-electron chi connectivity index (χ2n) is 4.26. The van der Waals surface area contributed by atoms with Gasteiger partial charge in [0.15, 0.2) is 0 Å². The van der Waals surface area contributed by atoms with Crippen LogP contribution in [0.1, 0.15) is 27.7 Å². The van der Waals surface area contributed by atoms with E-state index in [1.165, 1.54) is 0 Å². The third-order valence-electron chi connectivity index (χ3n) is 1.30. The summed E-state index contributed by atoms with van der Waals surface area (Å²) in [4.78, 5) is 16.0. The van der Waals surface area contributed by atoms with E-state index in [1.54, 1.807) is 26.8 Å². The Kier molecular flexibility index (Phi) is 5.75. The van der Waals surface area contributed by atoms with Gasteiger partial charge in [-0.05, 0) is 26.8 Å². The first-order chi connectivity index (χ1) is 6.85. The van der Waals surface area contributed by atoms with Crippen LogP contribution in [-0.2, 0) is 9.57 Å². The van der Waals surface area contributed by atoms with Gasteiger partial charge in [0.2, 0.25) is 0 Å². The van der Waals surface area contributed by atoms with E-state index >= 15 is 0 Å². The maximum absolute atomic E-state index is 11.1. The highest BCUT2D eigenvalue weighted by Crippen LogP contribution is 2.06. The summed E-state index contributed by atoms with van der Waals surface area (Å²) in [5.41, 5.74) is 4.33. The van der Waals surface area contributed by atoms with E-state index in [0.717, 1.165) is 0 Å². The van der Waals surface area contributed by atoms with Gasteiger partial charge in [-0.1, -0.05) is 13.5 Å². The smallest absolute Gasteiger partial charge is 0.431 e. The van der Waals surface area contributed by atoms with Crippen LogP contribution in [0.4, 0.5) is 4.79 Å². The number of hydroxylamine groups is 1. The van der Waals surface area contributed by atoms with Crippen molar-refractivity contribution in [3.8, 4) is 0 Å². The molecule has 15 heavy (non-hydrogen) atoms. The van der Waals surface area contributed by atoms with E-state index in [1.807, 2.05) is 6.92 Å². The van der Waals surface area contributed by atoms with Crippen molar-refractivity contribution in [1.82, 2.24) is 5.48 Å². The minimum atomic E-state index is -0.586. The summed E-state index contributed by atoms with van der Waals surface area (Å²) in [7, 11) is 0. The van der Waals surface area contributed by atoms with Crippen molar-refractivity contribution < 1.29 is 14.4 Å². The molecule has 4 nitrogen and oxygen atoms in total. The van der Waals surface area contributed by atoms with Crippen molar-refractivity contribution in [2.24, 2.45) is 5.92 Å². The number of amides is 1. The van der Waals surface area contributed by atoms with E-state index in [4.69, 9.17) is 9.57 Å². The summed E-state index contributed by atoms with van der Waals surface area (Å²) in [6.07, 6.45) is 1.17. The molecule has 0 aliphatic rings. The normalized spacial score (nSPS) is 12.5. The molecule has 1 amide bonds. The quantitative estimate of drug-likeness (QED) is 0.576. The van der Waals surface area contributed by atoms with Crippen LogP contribution in [0.15, 0.2) is 18.4 Å². The Hall–Kier alpha value is -1.25. The number of carbonyl (C=O) groups is 1. The van der Waals surface area contributed by atoms with Crippen LogP contribution in [0.2, 0.25) is 0 Å². The van der Waals surface area contributed by atoms with Gasteiger partial charge in [-0.3, -0.25) is 4.84 Å². The van der Waals surface area contributed by atoms with Crippen LogP contribution in [0, 0.1) is 5.92 Å². The van der Waals surface area contributed by atoms with Gasteiger partial charge in [-0.25, -0.2) is 4.79 Å². The average molecular weight is 213 g/mol. The van der Waals surface area contributed by atoms with E-state index < -0.39 is 11.7 Å². The molecular weight excluding hydrogens is 194 g/mol. The first-order valence-electron chi connectivity index (χ1n) is 4.82. The van der Waals surface area contributed by atoms with Crippen LogP contribution in [0.5, 0.6) is 0 Å². The first kappa shape index (κ1) is 13.8. The molecule has 0 aromatic rings. The Morgan fingerprint density at radius 2 is 2.20 bits per heavy atom. The van der Waals surface area contributed by atoms with E-state index in [2.05, 4.69) is 17.8 Å². The van der Waals surface area contributed by atoms with Gasteiger partial charge in [0.05, 0.1) is 6.61 Å². The summed E-state index contributed by atoms with van der Waals surface area (Å²) in [6.45, 7) is 11.1. The molecule has 0 spiro atoms. The van der Waals surface area contributed by atoms with Gasteiger partial charge in [-0.15, -0.1) is 5.73 Å². The number of nitrogens with one attached hydrogen (secondary N) is 1. The monoisotopic (exact) mass is 213 g/mol. The fraction of sp³-hybridized carbons (Fsp3) is 0.636. The van der Waals surface area contributed by atoms with Crippen LogP contribution in [0.25, 0.3) is 0 Å². The predicted molar refractivity (Wildman–Crippen MR) is 58.2 cm³/mol. The molecule has 86 valence electrons. The fourth-order valence-corrected chi connectivity index (χ4v) is 0.780. The average Bonchev–Trinajstić information content (AvgIpc) is 2.00. The SMILES string of the molecule is C=C=CC(C)CONC(=O)OC(C)(C)C. The van der Waals surface area contributed by atoms with Crippen LogP contribution in [0.3, 0.4) is 0 Å². The zero-order valence-electron chi connectivity index (χ0n) is 9.79. The molecule has 1 N–H and O–H groups in total. The molecule has 0 aliphatic carbocycles. The molecule has 0 radical (unpaired) electrons. The third-order valence-corrected chi connectivity index (χ3v) is 1.30. The number of ether oxygens (including phenoxy) is 1. The zero-order valence-corrected chi connectivity index (χ0v) is 9.79. The zero-order chi connectivity index (χ0) is 11.9. The maximum Gasteiger partial charge on any atom is 0.431 e. The lowest BCUT2D eigenvalue weighted by Crippen LogP contribution is -2.33. The van der Waals surface area contributed by atoms with Gasteiger partial charge in [-0.2, -0.15) is 5.48 Å². The molecule has 0 saturated carbocycles.